The van der Waals surface area contributed by atoms with Gasteiger partial charge in [-0.15, -0.1) is 0 Å². The topological polar surface area (TPSA) is 104 Å². The van der Waals surface area contributed by atoms with E-state index >= 15 is 0 Å². The first-order valence-corrected chi connectivity index (χ1v) is 6.82. The minimum absolute atomic E-state index is 0.117. The van der Waals surface area contributed by atoms with Crippen molar-refractivity contribution in [1.29, 1.82) is 0 Å². The van der Waals surface area contributed by atoms with Crippen molar-refractivity contribution in [3.63, 3.8) is 0 Å². The van der Waals surface area contributed by atoms with Crippen LogP contribution in [-0.2, 0) is 13.8 Å². The largest absolute Gasteiger partial charge is 0.465 e. The molecule has 0 saturated carbocycles. The van der Waals surface area contributed by atoms with Gasteiger partial charge in [0.2, 0.25) is 0 Å². The fraction of sp³-hybridized carbons (Fsp3) is 0.222. The highest BCUT2D eigenvalue weighted by molar-refractivity contribution is 8.13. The Bertz CT molecular complexity index is 624. The monoisotopic (exact) mass is 293 g/mol. The number of hydrogen-bond donors (Lipinski definition) is 0. The molecule has 7 nitrogen and oxygen atoms in total. The Morgan fingerprint density at radius 2 is 2.00 bits per heavy atom. The molecule has 1 aromatic carbocycles. The Kier molecular flexibility index (Phi) is 3.92. The van der Waals surface area contributed by atoms with Crippen molar-refractivity contribution in [2.45, 2.75) is 11.8 Å². The number of rotatable bonds is 3. The van der Waals surface area contributed by atoms with Crippen LogP contribution in [0.25, 0.3) is 0 Å². The predicted molar refractivity (Wildman–Crippen MR) is 62.2 cm³/mol. The second-order valence-corrected chi connectivity index (χ2v) is 5.80. The molecule has 0 amide bonds. The average Bonchev–Trinajstić information content (AvgIpc) is 2.25. The summed E-state index contributed by atoms with van der Waals surface area (Å²) in [5.74, 6) is -1.00. The highest BCUT2D eigenvalue weighted by Crippen LogP contribution is 2.29. The van der Waals surface area contributed by atoms with E-state index in [9.17, 15) is 23.3 Å². The van der Waals surface area contributed by atoms with Crippen LogP contribution in [0, 0.1) is 17.0 Å². The third kappa shape index (κ3) is 2.59. The maximum absolute atomic E-state index is 11.5. The van der Waals surface area contributed by atoms with Crippen molar-refractivity contribution < 1.29 is 22.9 Å². The summed E-state index contributed by atoms with van der Waals surface area (Å²) in [5, 5.41) is 10.7. The smallest absolute Gasteiger partial charge is 0.339 e. The minimum Gasteiger partial charge on any atom is -0.465 e. The molecule has 0 atom stereocenters. The first-order chi connectivity index (χ1) is 8.20. The Balaban J connectivity index is 3.73. The Morgan fingerprint density at radius 1 is 1.44 bits per heavy atom. The van der Waals surface area contributed by atoms with Crippen molar-refractivity contribution in [3.8, 4) is 0 Å². The van der Waals surface area contributed by atoms with E-state index in [1.807, 2.05) is 0 Å². The molecule has 18 heavy (non-hydrogen) atoms. The minimum atomic E-state index is -4.20. The van der Waals surface area contributed by atoms with E-state index in [0.29, 0.717) is 0 Å². The number of hydrogen-bond acceptors (Lipinski definition) is 6. The van der Waals surface area contributed by atoms with E-state index in [4.69, 9.17) is 10.7 Å². The van der Waals surface area contributed by atoms with Crippen LogP contribution in [0.15, 0.2) is 17.0 Å². The normalized spacial score (nSPS) is 11.1. The molecule has 0 saturated heterocycles. The van der Waals surface area contributed by atoms with Crippen LogP contribution in [0.3, 0.4) is 0 Å². The molecule has 9 heteroatoms. The van der Waals surface area contributed by atoms with Crippen LogP contribution < -0.4 is 0 Å². The molecule has 0 spiro atoms. The van der Waals surface area contributed by atoms with Gasteiger partial charge in [-0.05, 0) is 13.0 Å². The number of ether oxygens (including phenoxy) is 1. The van der Waals surface area contributed by atoms with Crippen molar-refractivity contribution >= 4 is 31.4 Å². The zero-order chi connectivity index (χ0) is 14.1. The number of carbonyl (C=O) groups is 1. The maximum Gasteiger partial charge on any atom is 0.339 e. The number of esters is 1. The first-order valence-electron chi connectivity index (χ1n) is 4.51. The maximum atomic E-state index is 11.5. The molecule has 1 rings (SSSR count). The lowest BCUT2D eigenvalue weighted by Gasteiger charge is -2.08. The first kappa shape index (κ1) is 14.4. The zero-order valence-corrected chi connectivity index (χ0v) is 10.9. The van der Waals surface area contributed by atoms with Gasteiger partial charge in [0.25, 0.3) is 14.7 Å². The van der Waals surface area contributed by atoms with Gasteiger partial charge in [-0.2, -0.15) is 0 Å². The van der Waals surface area contributed by atoms with Crippen LogP contribution in [0.4, 0.5) is 5.69 Å². The number of benzene rings is 1. The van der Waals surface area contributed by atoms with Gasteiger partial charge < -0.3 is 4.74 Å². The van der Waals surface area contributed by atoms with E-state index in [1.165, 1.54) is 6.92 Å². The Hall–Kier alpha value is -1.67. The molecule has 98 valence electrons. The van der Waals surface area contributed by atoms with Crippen LogP contribution in [0.2, 0.25) is 0 Å². The highest BCUT2D eigenvalue weighted by Gasteiger charge is 2.28. The SMILES string of the molecule is COC(=O)c1c(S(=O)(=O)Cl)ccc([N+](=O)[O-])c1C. The van der Waals surface area contributed by atoms with Gasteiger partial charge >= 0.3 is 5.97 Å². The van der Waals surface area contributed by atoms with Gasteiger partial charge in [0.1, 0.15) is 0 Å². The highest BCUT2D eigenvalue weighted by atomic mass is 35.7. The summed E-state index contributed by atoms with van der Waals surface area (Å²) in [4.78, 5) is 21.0. The Labute approximate surface area is 107 Å². The van der Waals surface area contributed by atoms with Crippen LogP contribution in [-0.4, -0.2) is 26.4 Å². The van der Waals surface area contributed by atoms with Crippen LogP contribution >= 0.6 is 10.7 Å². The van der Waals surface area contributed by atoms with Crippen molar-refractivity contribution in [2.75, 3.05) is 7.11 Å². The summed E-state index contributed by atoms with van der Waals surface area (Å²) in [6.07, 6.45) is 0. The van der Waals surface area contributed by atoms with Gasteiger partial charge in [-0.1, -0.05) is 0 Å². The van der Waals surface area contributed by atoms with Crippen molar-refractivity contribution in [2.24, 2.45) is 0 Å². The molecule has 0 aliphatic heterocycles. The summed E-state index contributed by atoms with van der Waals surface area (Å²) in [6, 6.07) is 1.87. The van der Waals surface area contributed by atoms with Gasteiger partial charge in [-0.25, -0.2) is 13.2 Å². The van der Waals surface area contributed by atoms with Crippen LogP contribution in [0.5, 0.6) is 0 Å². The van der Waals surface area contributed by atoms with E-state index in [1.54, 1.807) is 0 Å². The number of halogens is 1. The fourth-order valence-corrected chi connectivity index (χ4v) is 2.53. The lowest BCUT2D eigenvalue weighted by Crippen LogP contribution is -2.11. The van der Waals surface area contributed by atoms with Crippen molar-refractivity contribution in [1.82, 2.24) is 0 Å². The molecule has 0 radical (unpaired) electrons. The lowest BCUT2D eigenvalue weighted by atomic mass is 10.1. The average molecular weight is 294 g/mol. The van der Waals surface area contributed by atoms with Gasteiger partial charge in [0.05, 0.1) is 22.5 Å². The van der Waals surface area contributed by atoms with Gasteiger partial charge in [-0.3, -0.25) is 10.1 Å². The molecular weight excluding hydrogens is 286 g/mol. The molecule has 1 aromatic rings. The molecule has 0 fully saturated rings. The van der Waals surface area contributed by atoms with Crippen molar-refractivity contribution in [3.05, 3.63) is 33.4 Å². The zero-order valence-electron chi connectivity index (χ0n) is 9.34. The number of carbonyl (C=O) groups excluding carboxylic acids is 1. The summed E-state index contributed by atoms with van der Waals surface area (Å²) in [7, 11) is 1.99. The molecule has 0 aromatic heterocycles. The van der Waals surface area contributed by atoms with E-state index in [0.717, 1.165) is 19.2 Å². The molecule has 0 N–H and O–H groups in total. The third-order valence-electron chi connectivity index (χ3n) is 2.25. The van der Waals surface area contributed by atoms with Gasteiger partial charge in [0.15, 0.2) is 0 Å². The number of methoxy groups -OCH3 is 1. The summed E-state index contributed by atoms with van der Waals surface area (Å²) in [5.41, 5.74) is -0.935. The molecule has 0 heterocycles. The quantitative estimate of drug-likeness (QED) is 0.363. The van der Waals surface area contributed by atoms with Gasteiger partial charge in [0, 0.05) is 22.3 Å². The van der Waals surface area contributed by atoms with E-state index in [-0.39, 0.29) is 11.3 Å². The summed E-state index contributed by atoms with van der Waals surface area (Å²) < 4.78 is 27.0. The number of nitro benzene ring substituents is 1. The van der Waals surface area contributed by atoms with Crippen LogP contribution in [0.1, 0.15) is 15.9 Å². The second-order valence-electron chi connectivity index (χ2n) is 3.27. The third-order valence-corrected chi connectivity index (χ3v) is 3.61. The fourth-order valence-electron chi connectivity index (χ4n) is 1.43. The summed E-state index contributed by atoms with van der Waals surface area (Å²) >= 11 is 0. The molecular formula is C9H8ClNO6S. The molecule has 0 aliphatic carbocycles. The Morgan fingerprint density at radius 3 is 2.39 bits per heavy atom. The molecule has 0 unspecified atom stereocenters. The lowest BCUT2D eigenvalue weighted by molar-refractivity contribution is -0.385. The predicted octanol–water partition coefficient (Wildman–Crippen LogP) is 1.62. The molecule has 0 aliphatic rings. The van der Waals surface area contributed by atoms with E-state index < -0.39 is 30.4 Å². The molecule has 0 bridgehead atoms. The standard InChI is InChI=1S/C9H8ClNO6S/c1-5-6(11(13)14)3-4-7(18(10,15)16)8(5)9(12)17-2/h3-4H,1-2H3. The number of nitro groups is 1. The second kappa shape index (κ2) is 4.91. The number of nitrogens with zero attached hydrogens (tertiary/aromatic N) is 1. The van der Waals surface area contributed by atoms with E-state index in [2.05, 4.69) is 4.74 Å². The summed E-state index contributed by atoms with van der Waals surface area (Å²) in [6.45, 7) is 1.25.